The van der Waals surface area contributed by atoms with Crippen molar-refractivity contribution in [2.75, 3.05) is 24.5 Å². The Morgan fingerprint density at radius 3 is 3.09 bits per heavy atom. The van der Waals surface area contributed by atoms with Gasteiger partial charge in [0.25, 0.3) is 0 Å². The number of pyridine rings is 1. The summed E-state index contributed by atoms with van der Waals surface area (Å²) in [5.74, 6) is 1.45. The number of benzene rings is 1. The van der Waals surface area contributed by atoms with Crippen LogP contribution in [0.3, 0.4) is 0 Å². The maximum absolute atomic E-state index is 11.1. The lowest BCUT2D eigenvalue weighted by molar-refractivity contribution is -0.119. The number of nitrogens with zero attached hydrogens (tertiary/aromatic N) is 2. The van der Waals surface area contributed by atoms with Gasteiger partial charge in [-0.25, -0.2) is 4.98 Å². The summed E-state index contributed by atoms with van der Waals surface area (Å²) in [4.78, 5) is 18.1. The highest BCUT2D eigenvalue weighted by Crippen LogP contribution is 2.30. The minimum atomic E-state index is 0.0308. The van der Waals surface area contributed by atoms with Crippen LogP contribution in [0.2, 0.25) is 5.02 Å². The molecule has 1 saturated heterocycles. The Balaban J connectivity index is 1.80. The monoisotopic (exact) mass is 395 g/mol. The molecular weight excluding hydrogens is 378 g/mol. The molecule has 1 aliphatic rings. The molecule has 4 nitrogen and oxygen atoms in total. The maximum atomic E-state index is 11.1. The van der Waals surface area contributed by atoms with E-state index in [2.05, 4.69) is 32.2 Å². The topological polar surface area (TPSA) is 45.2 Å². The number of fused-ring (bicyclic) bond motifs is 1. The van der Waals surface area contributed by atoms with Gasteiger partial charge in [0.2, 0.25) is 5.91 Å². The molecule has 1 atom stereocenters. The molecule has 0 spiro atoms. The average molecular weight is 397 g/mol. The van der Waals surface area contributed by atoms with Gasteiger partial charge in [0.05, 0.1) is 10.5 Å². The standard InChI is InChI=1S/C17H19BrClN3O/c1-11(23)20-9-12-3-2-6-22(10-12)16-5-4-13-7-14(18)8-15(19)17(13)21-16/h4-5,7-8,12H,2-3,6,9-10H2,1H3,(H,20,23). The van der Waals surface area contributed by atoms with Crippen molar-refractivity contribution < 1.29 is 4.79 Å². The largest absolute Gasteiger partial charge is 0.356 e. The zero-order valence-corrected chi connectivity index (χ0v) is 15.3. The number of hydrogen-bond donors (Lipinski definition) is 1. The summed E-state index contributed by atoms with van der Waals surface area (Å²) < 4.78 is 0.956. The second-order valence-corrected chi connectivity index (χ2v) is 7.34. The van der Waals surface area contributed by atoms with E-state index in [1.807, 2.05) is 18.2 Å². The average Bonchev–Trinajstić information content (AvgIpc) is 2.53. The van der Waals surface area contributed by atoms with Crippen LogP contribution in [-0.2, 0) is 4.79 Å². The normalized spacial score (nSPS) is 18.2. The van der Waals surface area contributed by atoms with Crippen molar-refractivity contribution in [3.8, 4) is 0 Å². The van der Waals surface area contributed by atoms with E-state index in [-0.39, 0.29) is 5.91 Å². The Labute approximate surface area is 149 Å². The number of amides is 1. The quantitative estimate of drug-likeness (QED) is 0.853. The molecule has 2 heterocycles. The zero-order chi connectivity index (χ0) is 16.4. The van der Waals surface area contributed by atoms with E-state index in [1.54, 1.807) is 6.92 Å². The number of carbonyl (C=O) groups excluding carboxylic acids is 1. The van der Waals surface area contributed by atoms with Gasteiger partial charge in [0, 0.05) is 36.4 Å². The number of hydrogen-bond acceptors (Lipinski definition) is 3. The van der Waals surface area contributed by atoms with Gasteiger partial charge in [-0.1, -0.05) is 27.5 Å². The number of piperidine rings is 1. The van der Waals surface area contributed by atoms with Crippen LogP contribution in [0.1, 0.15) is 19.8 Å². The lowest BCUT2D eigenvalue weighted by Crippen LogP contribution is -2.40. The number of carbonyl (C=O) groups is 1. The Morgan fingerprint density at radius 2 is 2.30 bits per heavy atom. The molecule has 1 aromatic carbocycles. The van der Waals surface area contributed by atoms with Gasteiger partial charge >= 0.3 is 0 Å². The van der Waals surface area contributed by atoms with E-state index in [0.717, 1.165) is 53.7 Å². The second kappa shape index (κ2) is 7.05. The number of halogens is 2. The van der Waals surface area contributed by atoms with E-state index >= 15 is 0 Å². The van der Waals surface area contributed by atoms with Gasteiger partial charge < -0.3 is 10.2 Å². The molecule has 3 rings (SSSR count). The first-order valence-corrected chi connectivity index (χ1v) is 8.95. The molecule has 0 radical (unpaired) electrons. The molecule has 1 N–H and O–H groups in total. The summed E-state index contributed by atoms with van der Waals surface area (Å²) in [7, 11) is 0. The molecule has 2 aromatic rings. The number of rotatable bonds is 3. The van der Waals surface area contributed by atoms with Crippen LogP contribution >= 0.6 is 27.5 Å². The predicted molar refractivity (Wildman–Crippen MR) is 98.1 cm³/mol. The molecule has 1 aromatic heterocycles. The lowest BCUT2D eigenvalue weighted by atomic mass is 9.98. The molecule has 0 saturated carbocycles. The molecule has 1 unspecified atom stereocenters. The van der Waals surface area contributed by atoms with Crippen LogP contribution in [-0.4, -0.2) is 30.5 Å². The van der Waals surface area contributed by atoms with Crippen LogP contribution in [0.25, 0.3) is 10.9 Å². The number of anilines is 1. The summed E-state index contributed by atoms with van der Waals surface area (Å²) >= 11 is 9.79. The van der Waals surface area contributed by atoms with Gasteiger partial charge in [-0.2, -0.15) is 0 Å². The van der Waals surface area contributed by atoms with Crippen molar-refractivity contribution in [2.24, 2.45) is 5.92 Å². The summed E-state index contributed by atoms with van der Waals surface area (Å²) in [6, 6.07) is 8.00. The van der Waals surface area contributed by atoms with Crippen LogP contribution in [0.15, 0.2) is 28.7 Å². The van der Waals surface area contributed by atoms with Crippen LogP contribution in [0.5, 0.6) is 0 Å². The lowest BCUT2D eigenvalue weighted by Gasteiger charge is -2.33. The smallest absolute Gasteiger partial charge is 0.216 e. The summed E-state index contributed by atoms with van der Waals surface area (Å²) in [5, 5.41) is 4.60. The van der Waals surface area contributed by atoms with E-state index in [1.165, 1.54) is 0 Å². The first kappa shape index (κ1) is 16.5. The van der Waals surface area contributed by atoms with Crippen molar-refractivity contribution in [1.29, 1.82) is 0 Å². The summed E-state index contributed by atoms with van der Waals surface area (Å²) in [5.41, 5.74) is 0.830. The number of aromatic nitrogens is 1. The van der Waals surface area contributed by atoms with Crippen molar-refractivity contribution in [3.63, 3.8) is 0 Å². The van der Waals surface area contributed by atoms with Crippen molar-refractivity contribution >= 4 is 50.2 Å². The molecule has 6 heteroatoms. The Kier molecular flexibility index (Phi) is 5.07. The maximum Gasteiger partial charge on any atom is 0.216 e. The minimum absolute atomic E-state index is 0.0308. The Morgan fingerprint density at radius 1 is 1.48 bits per heavy atom. The van der Waals surface area contributed by atoms with Gasteiger partial charge in [-0.3, -0.25) is 4.79 Å². The first-order valence-electron chi connectivity index (χ1n) is 7.78. The summed E-state index contributed by atoms with van der Waals surface area (Å²) in [6.45, 7) is 4.19. The molecule has 23 heavy (non-hydrogen) atoms. The molecule has 1 fully saturated rings. The third kappa shape index (κ3) is 3.96. The van der Waals surface area contributed by atoms with E-state index in [9.17, 15) is 4.79 Å². The van der Waals surface area contributed by atoms with Gasteiger partial charge in [0.15, 0.2) is 0 Å². The van der Waals surface area contributed by atoms with E-state index in [4.69, 9.17) is 16.6 Å². The molecule has 122 valence electrons. The van der Waals surface area contributed by atoms with Crippen molar-refractivity contribution in [3.05, 3.63) is 33.8 Å². The highest BCUT2D eigenvalue weighted by atomic mass is 79.9. The Bertz CT molecular complexity index is 737. The predicted octanol–water partition coefficient (Wildman–Crippen LogP) is 4.00. The highest BCUT2D eigenvalue weighted by Gasteiger charge is 2.21. The van der Waals surface area contributed by atoms with Gasteiger partial charge in [-0.15, -0.1) is 0 Å². The zero-order valence-electron chi connectivity index (χ0n) is 13.0. The molecule has 1 aliphatic heterocycles. The van der Waals surface area contributed by atoms with Gasteiger partial charge in [0.1, 0.15) is 5.82 Å². The van der Waals surface area contributed by atoms with Crippen molar-refractivity contribution in [1.82, 2.24) is 10.3 Å². The molecule has 1 amide bonds. The fourth-order valence-electron chi connectivity index (χ4n) is 3.05. The van der Waals surface area contributed by atoms with Crippen molar-refractivity contribution in [2.45, 2.75) is 19.8 Å². The SMILES string of the molecule is CC(=O)NCC1CCCN(c2ccc3cc(Br)cc(Cl)c3n2)C1. The third-order valence-electron chi connectivity index (χ3n) is 4.18. The molecule has 0 aliphatic carbocycles. The number of nitrogens with one attached hydrogen (secondary N) is 1. The van der Waals surface area contributed by atoms with Crippen LogP contribution in [0.4, 0.5) is 5.82 Å². The van der Waals surface area contributed by atoms with E-state index < -0.39 is 0 Å². The van der Waals surface area contributed by atoms with Crippen LogP contribution < -0.4 is 10.2 Å². The third-order valence-corrected chi connectivity index (χ3v) is 4.92. The second-order valence-electron chi connectivity index (χ2n) is 6.02. The highest BCUT2D eigenvalue weighted by molar-refractivity contribution is 9.10. The van der Waals surface area contributed by atoms with Gasteiger partial charge in [-0.05, 0) is 43.0 Å². The fraction of sp³-hybridized carbons (Fsp3) is 0.412. The fourth-order valence-corrected chi connectivity index (χ4v) is 3.93. The Hall–Kier alpha value is -1.33. The van der Waals surface area contributed by atoms with E-state index in [0.29, 0.717) is 10.9 Å². The van der Waals surface area contributed by atoms with Crippen LogP contribution in [0, 0.1) is 5.92 Å². The molecular formula is C17H19BrClN3O. The molecule has 0 bridgehead atoms. The minimum Gasteiger partial charge on any atom is -0.356 e. The summed E-state index contributed by atoms with van der Waals surface area (Å²) in [6.07, 6.45) is 2.25. The first-order chi connectivity index (χ1) is 11.0.